The first kappa shape index (κ1) is 25.9. The number of aliphatic hydroxyl groups is 2. The zero-order chi connectivity index (χ0) is 26.6. The highest BCUT2D eigenvalue weighted by atomic mass is 19.4. The minimum absolute atomic E-state index is 0.0561. The molecule has 37 heavy (non-hydrogen) atoms. The van der Waals surface area contributed by atoms with Crippen molar-refractivity contribution < 1.29 is 33.0 Å². The smallest absolute Gasteiger partial charge is 0.392 e. The molecule has 3 aromatic rings. The molecule has 190 valence electrons. The molecule has 4 N–H and O–H groups in total. The van der Waals surface area contributed by atoms with Crippen LogP contribution in [-0.2, 0) is 28.8 Å². The van der Waals surface area contributed by atoms with Gasteiger partial charge in [-0.3, -0.25) is 9.59 Å². The van der Waals surface area contributed by atoms with Gasteiger partial charge < -0.3 is 20.8 Å². The Hall–Kier alpha value is -4.21. The minimum atomic E-state index is -4.47. The van der Waals surface area contributed by atoms with Crippen LogP contribution in [0.1, 0.15) is 27.8 Å². The van der Waals surface area contributed by atoms with E-state index >= 15 is 0 Å². The third kappa shape index (κ3) is 6.14. The predicted molar refractivity (Wildman–Crippen MR) is 133 cm³/mol. The van der Waals surface area contributed by atoms with Gasteiger partial charge in [-0.05, 0) is 52.6 Å². The Balaban J connectivity index is 1.60. The van der Waals surface area contributed by atoms with E-state index in [9.17, 15) is 33.0 Å². The van der Waals surface area contributed by atoms with E-state index in [1.807, 2.05) is 0 Å². The van der Waals surface area contributed by atoms with Crippen LogP contribution >= 0.6 is 0 Å². The number of alkyl halides is 3. The summed E-state index contributed by atoms with van der Waals surface area (Å²) in [5, 5.41) is 24.7. The van der Waals surface area contributed by atoms with Gasteiger partial charge in [-0.25, -0.2) is 0 Å². The summed E-state index contributed by atoms with van der Waals surface area (Å²) >= 11 is 0. The van der Waals surface area contributed by atoms with Crippen LogP contribution in [0.3, 0.4) is 0 Å². The number of carbonyl (C=O) groups excluding carboxylic acids is 2. The average molecular weight is 508 g/mol. The van der Waals surface area contributed by atoms with E-state index in [0.717, 1.165) is 12.1 Å². The molecule has 1 unspecified atom stereocenters. The lowest BCUT2D eigenvalue weighted by Gasteiger charge is -2.23. The number of rotatable bonds is 6. The van der Waals surface area contributed by atoms with E-state index < -0.39 is 29.7 Å². The second-order valence-electron chi connectivity index (χ2n) is 8.40. The number of halogens is 3. The van der Waals surface area contributed by atoms with Gasteiger partial charge in [0.2, 0.25) is 5.91 Å². The van der Waals surface area contributed by atoms with Gasteiger partial charge in [0, 0.05) is 29.4 Å². The van der Waals surface area contributed by atoms with Gasteiger partial charge in [0.1, 0.15) is 6.10 Å². The summed E-state index contributed by atoms with van der Waals surface area (Å²) < 4.78 is 39.1. The van der Waals surface area contributed by atoms with Crippen molar-refractivity contribution in [2.75, 3.05) is 10.6 Å². The van der Waals surface area contributed by atoms with Crippen molar-refractivity contribution in [3.05, 3.63) is 113 Å². The highest BCUT2D eigenvalue weighted by Gasteiger charge is 2.30. The number of nitrogens with one attached hydrogen (secondary N) is 2. The SMILES string of the molecule is O=C(/C=C/C=C(\c1ccc(C(F)(F)F)cc1)c1cccc(CO)c1)Nc1cccc2c1CC(O)C(=O)N2. The Morgan fingerprint density at radius 1 is 1.05 bits per heavy atom. The molecule has 0 saturated carbocycles. The summed E-state index contributed by atoms with van der Waals surface area (Å²) in [5.41, 5.74) is 3.09. The van der Waals surface area contributed by atoms with Gasteiger partial charge >= 0.3 is 6.18 Å². The molecule has 6 nitrogen and oxygen atoms in total. The fourth-order valence-electron chi connectivity index (χ4n) is 3.98. The summed E-state index contributed by atoms with van der Waals surface area (Å²) in [4.78, 5) is 24.3. The molecular weight excluding hydrogens is 485 g/mol. The first-order valence-corrected chi connectivity index (χ1v) is 11.3. The number of allylic oxidation sites excluding steroid dienone is 2. The third-order valence-electron chi connectivity index (χ3n) is 5.85. The Kier molecular flexibility index (Phi) is 7.56. The quantitative estimate of drug-likeness (QED) is 0.287. The van der Waals surface area contributed by atoms with E-state index in [0.29, 0.717) is 39.2 Å². The molecular formula is C28H23F3N2O4. The maximum absolute atomic E-state index is 13.0. The van der Waals surface area contributed by atoms with Crippen molar-refractivity contribution in [3.63, 3.8) is 0 Å². The van der Waals surface area contributed by atoms with Gasteiger partial charge in [-0.1, -0.05) is 48.6 Å². The summed E-state index contributed by atoms with van der Waals surface area (Å²) in [6, 6.07) is 16.6. The Bertz CT molecular complexity index is 1380. The number of amides is 2. The van der Waals surface area contributed by atoms with Crippen molar-refractivity contribution in [2.45, 2.75) is 25.3 Å². The molecule has 0 bridgehead atoms. The minimum Gasteiger partial charge on any atom is -0.392 e. The Labute approximate surface area is 210 Å². The molecule has 4 rings (SSSR count). The fraction of sp³-hybridized carbons (Fsp3) is 0.143. The van der Waals surface area contributed by atoms with Crippen LogP contribution in [0.5, 0.6) is 0 Å². The number of anilines is 2. The molecule has 3 aromatic carbocycles. The van der Waals surface area contributed by atoms with E-state index in [1.165, 1.54) is 24.3 Å². The molecule has 0 aromatic heterocycles. The van der Waals surface area contributed by atoms with Crippen molar-refractivity contribution in [1.29, 1.82) is 0 Å². The highest BCUT2D eigenvalue weighted by Crippen LogP contribution is 2.32. The summed E-state index contributed by atoms with van der Waals surface area (Å²) in [5.74, 6) is -0.992. The van der Waals surface area contributed by atoms with E-state index in [1.54, 1.807) is 48.5 Å². The summed E-state index contributed by atoms with van der Waals surface area (Å²) in [7, 11) is 0. The maximum atomic E-state index is 13.0. The topological polar surface area (TPSA) is 98.7 Å². The van der Waals surface area contributed by atoms with Crippen molar-refractivity contribution in [2.24, 2.45) is 0 Å². The lowest BCUT2D eigenvalue weighted by atomic mass is 9.95. The number of hydrogen-bond donors (Lipinski definition) is 4. The molecule has 1 aliphatic rings. The molecule has 0 radical (unpaired) electrons. The summed E-state index contributed by atoms with van der Waals surface area (Å²) in [6.45, 7) is -0.205. The molecule has 0 spiro atoms. The predicted octanol–water partition coefficient (Wildman–Crippen LogP) is 4.68. The van der Waals surface area contributed by atoms with Gasteiger partial charge in [-0.2, -0.15) is 13.2 Å². The van der Waals surface area contributed by atoms with Gasteiger partial charge in [-0.15, -0.1) is 0 Å². The maximum Gasteiger partial charge on any atom is 0.416 e. The highest BCUT2D eigenvalue weighted by molar-refractivity contribution is 6.03. The normalized spacial score (nSPS) is 15.9. The lowest BCUT2D eigenvalue weighted by molar-refractivity contribution is -0.137. The molecule has 9 heteroatoms. The van der Waals surface area contributed by atoms with E-state index in [-0.39, 0.29) is 13.0 Å². The van der Waals surface area contributed by atoms with Crippen LogP contribution in [0.15, 0.2) is 85.0 Å². The molecule has 1 heterocycles. The van der Waals surface area contributed by atoms with Crippen LogP contribution in [0.2, 0.25) is 0 Å². The monoisotopic (exact) mass is 508 g/mol. The molecule has 0 aliphatic carbocycles. The second-order valence-corrected chi connectivity index (χ2v) is 8.40. The average Bonchev–Trinajstić information content (AvgIpc) is 2.87. The van der Waals surface area contributed by atoms with E-state index in [4.69, 9.17) is 0 Å². The van der Waals surface area contributed by atoms with Crippen LogP contribution in [-0.4, -0.2) is 28.1 Å². The van der Waals surface area contributed by atoms with Gasteiger partial charge in [0.25, 0.3) is 5.91 Å². The van der Waals surface area contributed by atoms with E-state index in [2.05, 4.69) is 10.6 Å². The Morgan fingerprint density at radius 3 is 2.49 bits per heavy atom. The molecule has 1 atom stereocenters. The van der Waals surface area contributed by atoms with Crippen LogP contribution in [0, 0.1) is 0 Å². The van der Waals surface area contributed by atoms with Crippen LogP contribution in [0.25, 0.3) is 5.57 Å². The van der Waals surface area contributed by atoms with Crippen molar-refractivity contribution in [1.82, 2.24) is 0 Å². The largest absolute Gasteiger partial charge is 0.416 e. The number of fused-ring (bicyclic) bond motifs is 1. The van der Waals surface area contributed by atoms with Crippen molar-refractivity contribution in [3.8, 4) is 0 Å². The number of carbonyl (C=O) groups is 2. The zero-order valence-electron chi connectivity index (χ0n) is 19.4. The lowest BCUT2D eigenvalue weighted by Crippen LogP contribution is -2.34. The van der Waals surface area contributed by atoms with Crippen molar-refractivity contribution >= 4 is 28.8 Å². The first-order chi connectivity index (χ1) is 17.7. The summed E-state index contributed by atoms with van der Waals surface area (Å²) in [6.07, 6.45) is -1.29. The standard InChI is InChI=1S/C28H23F3N2O4/c29-28(30,31)20-12-10-18(11-13-20)21(19-5-1-4-17(14-19)16-34)6-2-9-26(36)32-23-7-3-8-24-22(23)15-25(35)27(37)33-24/h1-14,25,34-35H,15-16H2,(H,32,36)(H,33,37)/b9-2+,21-6+. The molecule has 0 saturated heterocycles. The van der Waals surface area contributed by atoms with Crippen LogP contribution in [0.4, 0.5) is 24.5 Å². The second kappa shape index (κ2) is 10.8. The molecule has 0 fully saturated rings. The molecule has 2 amide bonds. The number of hydrogen-bond acceptors (Lipinski definition) is 4. The van der Waals surface area contributed by atoms with Crippen LogP contribution < -0.4 is 10.6 Å². The van der Waals surface area contributed by atoms with Gasteiger partial charge in [0.05, 0.1) is 12.2 Å². The Morgan fingerprint density at radius 2 is 1.78 bits per heavy atom. The zero-order valence-corrected chi connectivity index (χ0v) is 19.4. The fourth-order valence-corrected chi connectivity index (χ4v) is 3.98. The first-order valence-electron chi connectivity index (χ1n) is 11.3. The third-order valence-corrected chi connectivity index (χ3v) is 5.85. The van der Waals surface area contributed by atoms with Gasteiger partial charge in [0.15, 0.2) is 0 Å². The number of benzene rings is 3. The number of aliphatic hydroxyl groups excluding tert-OH is 2. The molecule has 1 aliphatic heterocycles.